The minimum absolute atomic E-state index is 0.0691. The Morgan fingerprint density at radius 2 is 2.20 bits per heavy atom. The van der Waals surface area contributed by atoms with E-state index in [0.717, 1.165) is 0 Å². The molecule has 1 fully saturated rings. The van der Waals surface area contributed by atoms with Crippen LogP contribution >= 0.6 is 23.2 Å². The van der Waals surface area contributed by atoms with E-state index in [1.807, 2.05) is 4.90 Å². The molecule has 1 aliphatic rings. The summed E-state index contributed by atoms with van der Waals surface area (Å²) in [4.78, 5) is 25.3. The highest BCUT2D eigenvalue weighted by atomic mass is 35.5. The van der Waals surface area contributed by atoms with E-state index in [9.17, 15) is 9.59 Å². The number of halogens is 2. The van der Waals surface area contributed by atoms with Gasteiger partial charge in [-0.05, 0) is 25.1 Å². The predicted molar refractivity (Wildman–Crippen MR) is 79.1 cm³/mol. The van der Waals surface area contributed by atoms with Crippen molar-refractivity contribution >= 4 is 40.7 Å². The van der Waals surface area contributed by atoms with Crippen LogP contribution in [0.25, 0.3) is 0 Å². The van der Waals surface area contributed by atoms with Crippen LogP contribution in [0.2, 0.25) is 10.0 Å². The molecule has 2 rings (SSSR count). The molecule has 1 heterocycles. The Labute approximate surface area is 127 Å². The second kappa shape index (κ2) is 6.43. The molecule has 1 aromatic rings. The van der Waals surface area contributed by atoms with Gasteiger partial charge in [0, 0.05) is 18.1 Å². The van der Waals surface area contributed by atoms with Crippen LogP contribution in [0.1, 0.15) is 6.92 Å². The fourth-order valence-corrected chi connectivity index (χ4v) is 2.44. The third kappa shape index (κ3) is 3.62. The highest BCUT2D eigenvalue weighted by molar-refractivity contribution is 6.36. The maximum absolute atomic E-state index is 12.2. The summed E-state index contributed by atoms with van der Waals surface area (Å²) in [6, 6.07) is 4.46. The average molecular weight is 316 g/mol. The standard InChI is InChI=1S/C13H15Cl2N3O2/c1-8(18-5-4-16-12(19)7-18)13(20)17-11-3-2-9(14)6-10(11)15/h2-3,6,8H,4-5,7H2,1H3,(H,16,19)(H,17,20). The smallest absolute Gasteiger partial charge is 0.241 e. The van der Waals surface area contributed by atoms with Crippen molar-refractivity contribution in [2.24, 2.45) is 0 Å². The monoisotopic (exact) mass is 315 g/mol. The first-order valence-electron chi connectivity index (χ1n) is 6.24. The van der Waals surface area contributed by atoms with Crippen molar-refractivity contribution in [2.45, 2.75) is 13.0 Å². The topological polar surface area (TPSA) is 61.4 Å². The number of nitrogens with one attached hydrogen (secondary N) is 2. The van der Waals surface area contributed by atoms with Gasteiger partial charge in [0.2, 0.25) is 11.8 Å². The second-order valence-corrected chi connectivity index (χ2v) is 5.45. The van der Waals surface area contributed by atoms with Gasteiger partial charge in [0.05, 0.1) is 23.3 Å². The number of nitrogens with zero attached hydrogens (tertiary/aromatic N) is 1. The Morgan fingerprint density at radius 3 is 2.85 bits per heavy atom. The van der Waals surface area contributed by atoms with Crippen LogP contribution in [0.5, 0.6) is 0 Å². The fraction of sp³-hybridized carbons (Fsp3) is 0.385. The third-order valence-corrected chi connectivity index (χ3v) is 3.73. The van der Waals surface area contributed by atoms with E-state index < -0.39 is 6.04 Å². The molecule has 0 aromatic heterocycles. The van der Waals surface area contributed by atoms with Crippen molar-refractivity contribution in [3.8, 4) is 0 Å². The number of hydrogen-bond donors (Lipinski definition) is 2. The highest BCUT2D eigenvalue weighted by Gasteiger charge is 2.26. The van der Waals surface area contributed by atoms with Crippen LogP contribution in [-0.4, -0.2) is 42.4 Å². The van der Waals surface area contributed by atoms with Gasteiger partial charge in [-0.3, -0.25) is 14.5 Å². The van der Waals surface area contributed by atoms with Crippen molar-refractivity contribution in [1.82, 2.24) is 10.2 Å². The van der Waals surface area contributed by atoms with E-state index in [4.69, 9.17) is 23.2 Å². The van der Waals surface area contributed by atoms with Gasteiger partial charge in [0.15, 0.2) is 0 Å². The van der Waals surface area contributed by atoms with Crippen LogP contribution in [0.4, 0.5) is 5.69 Å². The van der Waals surface area contributed by atoms with Crippen molar-refractivity contribution in [3.05, 3.63) is 28.2 Å². The molecule has 1 unspecified atom stereocenters. The van der Waals surface area contributed by atoms with Crippen LogP contribution in [-0.2, 0) is 9.59 Å². The van der Waals surface area contributed by atoms with Gasteiger partial charge in [0.25, 0.3) is 0 Å². The van der Waals surface area contributed by atoms with E-state index in [0.29, 0.717) is 28.8 Å². The zero-order valence-electron chi connectivity index (χ0n) is 11.0. The molecule has 0 saturated carbocycles. The number of carbonyl (C=O) groups excluding carboxylic acids is 2. The summed E-state index contributed by atoms with van der Waals surface area (Å²) >= 11 is 11.8. The van der Waals surface area contributed by atoms with Crippen molar-refractivity contribution < 1.29 is 9.59 Å². The third-order valence-electron chi connectivity index (χ3n) is 3.18. The molecule has 1 aromatic carbocycles. The Morgan fingerprint density at radius 1 is 1.45 bits per heavy atom. The Hall–Kier alpha value is -1.30. The van der Waals surface area contributed by atoms with E-state index in [2.05, 4.69) is 10.6 Å². The number of piperazine rings is 1. The molecule has 1 atom stereocenters. The van der Waals surface area contributed by atoms with E-state index >= 15 is 0 Å². The fourth-order valence-electron chi connectivity index (χ4n) is 1.98. The summed E-state index contributed by atoms with van der Waals surface area (Å²) in [6.45, 7) is 3.19. The summed E-state index contributed by atoms with van der Waals surface area (Å²) in [5.74, 6) is -0.274. The number of amides is 2. The minimum atomic E-state index is -0.409. The van der Waals surface area contributed by atoms with Gasteiger partial charge in [-0.2, -0.15) is 0 Å². The van der Waals surface area contributed by atoms with Crippen LogP contribution < -0.4 is 10.6 Å². The molecular weight excluding hydrogens is 301 g/mol. The normalized spacial score (nSPS) is 17.4. The summed E-state index contributed by atoms with van der Waals surface area (Å²) < 4.78 is 0. The van der Waals surface area contributed by atoms with Crippen molar-refractivity contribution in [3.63, 3.8) is 0 Å². The lowest BCUT2D eigenvalue weighted by Crippen LogP contribution is -2.53. The molecule has 1 saturated heterocycles. The molecule has 1 aliphatic heterocycles. The first kappa shape index (κ1) is 15.1. The summed E-state index contributed by atoms with van der Waals surface area (Å²) in [5, 5.41) is 6.36. The number of carbonyl (C=O) groups is 2. The number of hydrogen-bond acceptors (Lipinski definition) is 3. The van der Waals surface area contributed by atoms with E-state index in [1.165, 1.54) is 0 Å². The molecule has 20 heavy (non-hydrogen) atoms. The minimum Gasteiger partial charge on any atom is -0.354 e. The first-order valence-corrected chi connectivity index (χ1v) is 6.99. The zero-order valence-corrected chi connectivity index (χ0v) is 12.5. The number of anilines is 1. The first-order chi connectivity index (χ1) is 9.47. The van der Waals surface area contributed by atoms with Gasteiger partial charge in [-0.15, -0.1) is 0 Å². The van der Waals surface area contributed by atoms with Crippen molar-refractivity contribution in [1.29, 1.82) is 0 Å². The second-order valence-electron chi connectivity index (χ2n) is 4.61. The van der Waals surface area contributed by atoms with Crippen LogP contribution in [0, 0.1) is 0 Å². The molecule has 5 nitrogen and oxygen atoms in total. The molecule has 108 valence electrons. The molecule has 7 heteroatoms. The highest BCUT2D eigenvalue weighted by Crippen LogP contribution is 2.25. The van der Waals surface area contributed by atoms with Crippen LogP contribution in [0.15, 0.2) is 18.2 Å². The maximum Gasteiger partial charge on any atom is 0.241 e. The summed E-state index contributed by atoms with van der Waals surface area (Å²) in [7, 11) is 0. The SMILES string of the molecule is CC(C(=O)Nc1ccc(Cl)cc1Cl)N1CCNC(=O)C1. The quantitative estimate of drug-likeness (QED) is 0.893. The molecule has 2 N–H and O–H groups in total. The molecule has 0 bridgehead atoms. The predicted octanol–water partition coefficient (Wildman–Crippen LogP) is 1.75. The number of benzene rings is 1. The lowest BCUT2D eigenvalue weighted by Gasteiger charge is -2.31. The molecule has 0 aliphatic carbocycles. The molecule has 0 spiro atoms. The number of rotatable bonds is 3. The average Bonchev–Trinajstić information content (AvgIpc) is 2.41. The van der Waals surface area contributed by atoms with Crippen LogP contribution in [0.3, 0.4) is 0 Å². The maximum atomic E-state index is 12.2. The molecule has 0 radical (unpaired) electrons. The summed E-state index contributed by atoms with van der Waals surface area (Å²) in [5.41, 5.74) is 0.509. The van der Waals surface area contributed by atoms with Gasteiger partial charge in [-0.1, -0.05) is 23.2 Å². The van der Waals surface area contributed by atoms with Gasteiger partial charge >= 0.3 is 0 Å². The molecule has 2 amide bonds. The Balaban J connectivity index is 2.01. The largest absolute Gasteiger partial charge is 0.354 e. The molecular formula is C13H15Cl2N3O2. The van der Waals surface area contributed by atoms with E-state index in [1.54, 1.807) is 25.1 Å². The lowest BCUT2D eigenvalue weighted by molar-refractivity contribution is -0.127. The van der Waals surface area contributed by atoms with E-state index in [-0.39, 0.29) is 18.4 Å². The summed E-state index contributed by atoms with van der Waals surface area (Å²) in [6.07, 6.45) is 0. The van der Waals surface area contributed by atoms with Gasteiger partial charge < -0.3 is 10.6 Å². The Kier molecular flexibility index (Phi) is 4.86. The van der Waals surface area contributed by atoms with Gasteiger partial charge in [-0.25, -0.2) is 0 Å². The zero-order chi connectivity index (χ0) is 14.7. The van der Waals surface area contributed by atoms with Crippen molar-refractivity contribution in [2.75, 3.05) is 25.0 Å². The Bertz CT molecular complexity index is 536. The van der Waals surface area contributed by atoms with Gasteiger partial charge in [0.1, 0.15) is 0 Å². The lowest BCUT2D eigenvalue weighted by atomic mass is 10.2.